The first-order valence-corrected chi connectivity index (χ1v) is 9.63. The second kappa shape index (κ2) is 7.41. The molecule has 9 nitrogen and oxygen atoms in total. The molecule has 2 fully saturated rings. The smallest absolute Gasteiger partial charge is 0.347 e. The van der Waals surface area contributed by atoms with Crippen molar-refractivity contribution in [3.63, 3.8) is 0 Å². The van der Waals surface area contributed by atoms with Gasteiger partial charge >= 0.3 is 5.69 Å². The van der Waals surface area contributed by atoms with E-state index < -0.39 is 5.69 Å². The number of ether oxygens (including phenoxy) is 2. The summed E-state index contributed by atoms with van der Waals surface area (Å²) in [5.41, 5.74) is 1.56. The maximum absolute atomic E-state index is 12.6. The van der Waals surface area contributed by atoms with Crippen LogP contribution in [0.15, 0.2) is 53.8 Å². The molecule has 5 rings (SSSR count). The molecule has 2 atom stereocenters. The molecule has 0 unspecified atom stereocenters. The van der Waals surface area contributed by atoms with Gasteiger partial charge in [0.25, 0.3) is 0 Å². The molecule has 2 saturated heterocycles. The molecule has 2 aromatic heterocycles. The number of nitrogens with zero attached hydrogens (tertiary/aromatic N) is 5. The third-order valence-corrected chi connectivity index (χ3v) is 5.54. The lowest BCUT2D eigenvalue weighted by molar-refractivity contribution is -0.131. The molecule has 1 aromatic carbocycles. The Morgan fingerprint density at radius 2 is 1.83 bits per heavy atom. The number of rotatable bonds is 3. The number of imidazole rings is 1. The fraction of sp³-hybridized carbons (Fsp3) is 0.400. The number of amides is 1. The first kappa shape index (κ1) is 18.0. The summed E-state index contributed by atoms with van der Waals surface area (Å²) in [5.74, 6) is -0.141. The lowest BCUT2D eigenvalue weighted by atomic mass is 10.2. The number of benzene rings is 1. The van der Waals surface area contributed by atoms with Crippen LogP contribution in [-0.4, -0.2) is 68.4 Å². The normalized spacial score (nSPS) is 22.6. The quantitative estimate of drug-likeness (QED) is 0.640. The minimum Gasteiger partial charge on any atom is -0.371 e. The van der Waals surface area contributed by atoms with Gasteiger partial charge in [0.2, 0.25) is 5.91 Å². The molecule has 0 spiro atoms. The zero-order valence-corrected chi connectivity index (χ0v) is 15.8. The van der Waals surface area contributed by atoms with Gasteiger partial charge in [0, 0.05) is 25.5 Å². The molecule has 0 aliphatic carbocycles. The molecule has 9 heteroatoms. The molecule has 4 heterocycles. The SMILES string of the molecule is O=C(Cn1cccnc1=O)N1C[C@@H]2OCC(n3cnc4ccccc43)CO[C@H]2C1. The summed E-state index contributed by atoms with van der Waals surface area (Å²) >= 11 is 0. The summed E-state index contributed by atoms with van der Waals surface area (Å²) in [6.45, 7) is 1.86. The van der Waals surface area contributed by atoms with Crippen LogP contribution in [0.4, 0.5) is 0 Å². The van der Waals surface area contributed by atoms with E-state index in [2.05, 4.69) is 14.5 Å². The highest BCUT2D eigenvalue weighted by Gasteiger charge is 2.39. The van der Waals surface area contributed by atoms with Crippen molar-refractivity contribution in [1.29, 1.82) is 0 Å². The largest absolute Gasteiger partial charge is 0.371 e. The lowest BCUT2D eigenvalue weighted by Gasteiger charge is -2.20. The molecular formula is C20H21N5O4. The van der Waals surface area contributed by atoms with Crippen molar-refractivity contribution in [3.05, 3.63) is 59.5 Å². The van der Waals surface area contributed by atoms with Gasteiger partial charge in [-0.15, -0.1) is 0 Å². The van der Waals surface area contributed by atoms with Gasteiger partial charge in [0.1, 0.15) is 18.8 Å². The van der Waals surface area contributed by atoms with Crippen molar-refractivity contribution in [2.24, 2.45) is 0 Å². The summed E-state index contributed by atoms with van der Waals surface area (Å²) < 4.78 is 15.6. The van der Waals surface area contributed by atoms with Crippen molar-refractivity contribution in [2.45, 2.75) is 24.8 Å². The second-order valence-electron chi connectivity index (χ2n) is 7.37. The van der Waals surface area contributed by atoms with Gasteiger partial charge in [-0.2, -0.15) is 0 Å². The first-order chi connectivity index (χ1) is 14.2. The Kier molecular flexibility index (Phi) is 4.61. The van der Waals surface area contributed by atoms with Gasteiger partial charge in [-0.3, -0.25) is 9.36 Å². The van der Waals surface area contributed by atoms with Crippen LogP contribution in [0.5, 0.6) is 0 Å². The van der Waals surface area contributed by atoms with E-state index in [1.807, 2.05) is 30.6 Å². The number of hydrogen-bond donors (Lipinski definition) is 0. The maximum Gasteiger partial charge on any atom is 0.347 e. The van der Waals surface area contributed by atoms with E-state index in [4.69, 9.17) is 9.47 Å². The Labute approximate surface area is 166 Å². The van der Waals surface area contributed by atoms with Crippen LogP contribution in [0.1, 0.15) is 6.04 Å². The van der Waals surface area contributed by atoms with E-state index in [9.17, 15) is 9.59 Å². The topological polar surface area (TPSA) is 91.5 Å². The van der Waals surface area contributed by atoms with Gasteiger partial charge < -0.3 is 18.9 Å². The number of fused-ring (bicyclic) bond motifs is 2. The number of carbonyl (C=O) groups excluding carboxylic acids is 1. The van der Waals surface area contributed by atoms with Crippen molar-refractivity contribution in [2.75, 3.05) is 26.3 Å². The number of carbonyl (C=O) groups is 1. The molecule has 2 aliphatic rings. The molecular weight excluding hydrogens is 374 g/mol. The minimum atomic E-state index is -0.433. The van der Waals surface area contributed by atoms with Crippen LogP contribution in [-0.2, 0) is 20.8 Å². The predicted molar refractivity (Wildman–Crippen MR) is 103 cm³/mol. The van der Waals surface area contributed by atoms with E-state index in [0.29, 0.717) is 26.3 Å². The Balaban J connectivity index is 1.24. The summed E-state index contributed by atoms with van der Waals surface area (Å²) in [5, 5.41) is 0. The molecule has 0 saturated carbocycles. The summed E-state index contributed by atoms with van der Waals surface area (Å²) in [6, 6.07) is 9.64. The van der Waals surface area contributed by atoms with E-state index in [1.165, 1.54) is 10.8 Å². The zero-order chi connectivity index (χ0) is 19.8. The highest BCUT2D eigenvalue weighted by Crippen LogP contribution is 2.26. The maximum atomic E-state index is 12.6. The van der Waals surface area contributed by atoms with Crippen LogP contribution in [0.25, 0.3) is 11.0 Å². The number of aromatic nitrogens is 4. The predicted octanol–water partition coefficient (Wildman–Crippen LogP) is 0.461. The molecule has 150 valence electrons. The van der Waals surface area contributed by atoms with Crippen LogP contribution in [0, 0.1) is 0 Å². The van der Waals surface area contributed by atoms with Crippen LogP contribution < -0.4 is 5.69 Å². The third kappa shape index (κ3) is 3.43. The van der Waals surface area contributed by atoms with E-state index >= 15 is 0 Å². The van der Waals surface area contributed by atoms with E-state index in [0.717, 1.165) is 11.0 Å². The van der Waals surface area contributed by atoms with Gasteiger partial charge in [-0.05, 0) is 18.2 Å². The monoisotopic (exact) mass is 395 g/mol. The van der Waals surface area contributed by atoms with Gasteiger partial charge in [-0.1, -0.05) is 12.1 Å². The van der Waals surface area contributed by atoms with E-state index in [-0.39, 0.29) is 30.7 Å². The number of hydrogen-bond acceptors (Lipinski definition) is 6. The second-order valence-corrected chi connectivity index (χ2v) is 7.37. The van der Waals surface area contributed by atoms with E-state index in [1.54, 1.807) is 17.2 Å². The third-order valence-electron chi connectivity index (χ3n) is 5.54. The fourth-order valence-corrected chi connectivity index (χ4v) is 3.97. The van der Waals surface area contributed by atoms with Gasteiger partial charge in [0.05, 0.1) is 36.6 Å². The summed E-state index contributed by atoms with van der Waals surface area (Å²) in [7, 11) is 0. The average Bonchev–Trinajstić information content (AvgIpc) is 3.30. The Morgan fingerprint density at radius 1 is 1.07 bits per heavy atom. The minimum absolute atomic E-state index is 0.0320. The van der Waals surface area contributed by atoms with Crippen LogP contribution in [0.2, 0.25) is 0 Å². The first-order valence-electron chi connectivity index (χ1n) is 9.63. The highest BCUT2D eigenvalue weighted by atomic mass is 16.6. The van der Waals surface area contributed by atoms with Crippen molar-refractivity contribution >= 4 is 16.9 Å². The standard InChI is InChI=1S/C20H21N5O4/c26-19(10-23-7-3-6-21-20(23)27)24-8-17-18(9-24)29-12-14(11-28-17)25-13-22-15-4-1-2-5-16(15)25/h1-7,13-14,17-18H,8-12H2/t17-,18-/m0/s1. The molecule has 0 radical (unpaired) electrons. The summed E-state index contributed by atoms with van der Waals surface area (Å²) in [6.07, 6.45) is 4.45. The Hall–Kier alpha value is -3.04. The van der Waals surface area contributed by atoms with Crippen molar-refractivity contribution in [3.8, 4) is 0 Å². The molecule has 1 amide bonds. The number of para-hydroxylation sites is 2. The van der Waals surface area contributed by atoms with Crippen molar-refractivity contribution < 1.29 is 14.3 Å². The molecule has 3 aromatic rings. The molecule has 0 N–H and O–H groups in total. The highest BCUT2D eigenvalue weighted by molar-refractivity contribution is 5.76. The zero-order valence-electron chi connectivity index (χ0n) is 15.8. The van der Waals surface area contributed by atoms with Gasteiger partial charge in [0.15, 0.2) is 0 Å². The molecule has 29 heavy (non-hydrogen) atoms. The molecule has 2 aliphatic heterocycles. The average molecular weight is 395 g/mol. The summed E-state index contributed by atoms with van der Waals surface area (Å²) in [4.78, 5) is 34.2. The Morgan fingerprint density at radius 3 is 2.59 bits per heavy atom. The Bertz CT molecular complexity index is 1080. The van der Waals surface area contributed by atoms with Crippen LogP contribution in [0.3, 0.4) is 0 Å². The number of likely N-dealkylation sites (tertiary alicyclic amines) is 1. The molecule has 0 bridgehead atoms. The fourth-order valence-electron chi connectivity index (χ4n) is 3.97. The lowest BCUT2D eigenvalue weighted by Crippen LogP contribution is -2.36. The van der Waals surface area contributed by atoms with Crippen LogP contribution >= 0.6 is 0 Å². The van der Waals surface area contributed by atoms with Crippen molar-refractivity contribution in [1.82, 2.24) is 24.0 Å². The van der Waals surface area contributed by atoms with Gasteiger partial charge in [-0.25, -0.2) is 14.8 Å².